The molecule has 0 unspecified atom stereocenters. The molecule has 4 N–H and O–H groups in total. The number of nitrogens with one attached hydrogen (secondary N) is 2. The number of nitrogens with zero attached hydrogens (tertiary/aromatic N) is 3. The van der Waals surface area contributed by atoms with Crippen LogP contribution in [0.1, 0.15) is 31.0 Å². The van der Waals surface area contributed by atoms with Crippen LogP contribution in [0.3, 0.4) is 0 Å². The third-order valence-corrected chi connectivity index (χ3v) is 5.90. The maximum absolute atomic E-state index is 12.9. The summed E-state index contributed by atoms with van der Waals surface area (Å²) in [6, 6.07) is 5.12. The number of H-pyrrole nitrogens is 1. The van der Waals surface area contributed by atoms with Gasteiger partial charge in [0.05, 0.1) is 16.8 Å². The smallest absolute Gasteiger partial charge is 0.490 e. The van der Waals surface area contributed by atoms with Crippen LogP contribution in [0, 0.1) is 0 Å². The summed E-state index contributed by atoms with van der Waals surface area (Å²) in [7, 11) is 0. The monoisotopic (exact) mass is 533 g/mol. The summed E-state index contributed by atoms with van der Waals surface area (Å²) < 4.78 is 70.4. The number of piperidine rings is 1. The average Bonchev–Trinajstić information content (AvgIpc) is 3.32. The number of fused-ring (bicyclic) bond motifs is 1. The van der Waals surface area contributed by atoms with Crippen LogP contribution < -0.4 is 5.32 Å². The first kappa shape index (κ1) is 28.2. The van der Waals surface area contributed by atoms with E-state index >= 15 is 0 Å². The number of likely N-dealkylation sites (tertiary alicyclic amines) is 1. The molecule has 1 aliphatic heterocycles. The third kappa shape index (κ3) is 7.10. The van der Waals surface area contributed by atoms with Gasteiger partial charge < -0.3 is 25.4 Å². The molecule has 2 aromatic heterocycles. The van der Waals surface area contributed by atoms with Gasteiger partial charge in [0, 0.05) is 36.3 Å². The molecule has 0 bridgehead atoms. The molecule has 14 heteroatoms. The van der Waals surface area contributed by atoms with Crippen molar-refractivity contribution in [2.75, 3.05) is 19.6 Å². The maximum atomic E-state index is 12.9. The highest BCUT2D eigenvalue weighted by molar-refractivity contribution is 5.94. The van der Waals surface area contributed by atoms with Crippen molar-refractivity contribution in [3.8, 4) is 17.0 Å². The minimum Gasteiger partial charge on any atom is -0.507 e. The number of aliphatic carboxylic acids is 1. The SMILES string of the molecule is CCN1CCC[C@H](NCc2nnc(-c3ccc(C(F)(F)F)cc3O)c3[nH]ccc23)C1.O=C(O)C(F)(F)F. The Bertz CT molecular complexity index is 1230. The molecule has 3 heterocycles. The molecule has 1 aliphatic rings. The number of carbonyl (C=O) groups is 1. The molecule has 0 spiro atoms. The highest BCUT2D eigenvalue weighted by Crippen LogP contribution is 2.37. The van der Waals surface area contributed by atoms with Crippen LogP contribution in [0.25, 0.3) is 22.2 Å². The third-order valence-electron chi connectivity index (χ3n) is 5.90. The summed E-state index contributed by atoms with van der Waals surface area (Å²) in [4.78, 5) is 14.4. The van der Waals surface area contributed by atoms with E-state index in [9.17, 15) is 31.4 Å². The number of benzene rings is 1. The van der Waals surface area contributed by atoms with Gasteiger partial charge in [-0.3, -0.25) is 0 Å². The number of carboxylic acid groups (broad SMARTS) is 1. The second-order valence-corrected chi connectivity index (χ2v) is 8.41. The van der Waals surface area contributed by atoms with Gasteiger partial charge in [-0.2, -0.15) is 31.4 Å². The van der Waals surface area contributed by atoms with Gasteiger partial charge in [0.1, 0.15) is 11.4 Å². The van der Waals surface area contributed by atoms with Crippen LogP contribution >= 0.6 is 0 Å². The second-order valence-electron chi connectivity index (χ2n) is 8.41. The van der Waals surface area contributed by atoms with Gasteiger partial charge >= 0.3 is 18.3 Å². The molecule has 0 radical (unpaired) electrons. The lowest BCUT2D eigenvalue weighted by molar-refractivity contribution is -0.192. The van der Waals surface area contributed by atoms with Gasteiger partial charge in [-0.25, -0.2) is 4.79 Å². The number of phenols is 1. The Kier molecular flexibility index (Phi) is 8.64. The fourth-order valence-corrected chi connectivity index (χ4v) is 4.00. The largest absolute Gasteiger partial charge is 0.507 e. The zero-order chi connectivity index (χ0) is 27.4. The number of halogens is 6. The number of alkyl halides is 6. The van der Waals surface area contributed by atoms with Crippen molar-refractivity contribution >= 4 is 16.9 Å². The Morgan fingerprint density at radius 2 is 1.89 bits per heavy atom. The van der Waals surface area contributed by atoms with E-state index in [1.807, 2.05) is 6.07 Å². The van der Waals surface area contributed by atoms with Crippen molar-refractivity contribution in [2.24, 2.45) is 0 Å². The lowest BCUT2D eigenvalue weighted by atomic mass is 10.0. The topological polar surface area (TPSA) is 114 Å². The lowest BCUT2D eigenvalue weighted by Gasteiger charge is -2.32. The van der Waals surface area contributed by atoms with Crippen molar-refractivity contribution in [3.63, 3.8) is 0 Å². The van der Waals surface area contributed by atoms with Gasteiger partial charge in [-0.05, 0) is 50.2 Å². The van der Waals surface area contributed by atoms with Crippen molar-refractivity contribution in [1.82, 2.24) is 25.4 Å². The molecule has 4 rings (SSSR count). The van der Waals surface area contributed by atoms with Gasteiger partial charge in [0.25, 0.3) is 0 Å². The Labute approximate surface area is 207 Å². The van der Waals surface area contributed by atoms with Crippen molar-refractivity contribution in [2.45, 2.75) is 44.7 Å². The summed E-state index contributed by atoms with van der Waals surface area (Å²) in [6.07, 6.45) is -5.60. The molecule has 202 valence electrons. The van der Waals surface area contributed by atoms with Crippen LogP contribution in [-0.2, 0) is 17.5 Å². The molecule has 8 nitrogen and oxygen atoms in total. The van der Waals surface area contributed by atoms with E-state index in [0.717, 1.165) is 49.6 Å². The summed E-state index contributed by atoms with van der Waals surface area (Å²) in [5, 5.41) is 30.2. The summed E-state index contributed by atoms with van der Waals surface area (Å²) in [5.74, 6) is -3.24. The minimum atomic E-state index is -5.08. The van der Waals surface area contributed by atoms with Gasteiger partial charge in [0.15, 0.2) is 0 Å². The van der Waals surface area contributed by atoms with Crippen LogP contribution in [-0.4, -0.2) is 68.1 Å². The number of aromatic hydroxyl groups is 1. The number of likely N-dealkylation sites (N-methyl/N-ethyl adjacent to an activating group) is 1. The van der Waals surface area contributed by atoms with E-state index in [0.29, 0.717) is 29.9 Å². The quantitative estimate of drug-likeness (QED) is 0.356. The van der Waals surface area contributed by atoms with Crippen LogP contribution in [0.4, 0.5) is 26.3 Å². The molecule has 0 aliphatic carbocycles. The molecule has 3 aromatic rings. The molecular formula is C23H25F6N5O3. The zero-order valence-corrected chi connectivity index (χ0v) is 19.6. The highest BCUT2D eigenvalue weighted by Gasteiger charge is 2.38. The first-order chi connectivity index (χ1) is 17.3. The van der Waals surface area contributed by atoms with E-state index in [-0.39, 0.29) is 5.56 Å². The Hall–Kier alpha value is -3.39. The molecule has 1 aromatic carbocycles. The normalized spacial score (nSPS) is 16.9. The Morgan fingerprint density at radius 1 is 1.19 bits per heavy atom. The summed E-state index contributed by atoms with van der Waals surface area (Å²) in [6.45, 7) is 5.86. The Balaban J connectivity index is 0.000000479. The number of aromatic amines is 1. The van der Waals surface area contributed by atoms with Crippen LogP contribution in [0.15, 0.2) is 30.5 Å². The van der Waals surface area contributed by atoms with Crippen molar-refractivity contribution < 1.29 is 41.4 Å². The van der Waals surface area contributed by atoms with Crippen LogP contribution in [0.2, 0.25) is 0 Å². The molecular weight excluding hydrogens is 508 g/mol. The molecule has 1 saturated heterocycles. The molecule has 1 fully saturated rings. The van der Waals surface area contributed by atoms with Gasteiger partial charge in [-0.15, -0.1) is 5.10 Å². The molecule has 0 saturated carbocycles. The summed E-state index contributed by atoms with van der Waals surface area (Å²) in [5.41, 5.74) is 1.01. The molecule has 0 amide bonds. The van der Waals surface area contributed by atoms with Crippen LogP contribution in [0.5, 0.6) is 5.75 Å². The second kappa shape index (κ2) is 11.3. The first-order valence-electron chi connectivity index (χ1n) is 11.3. The first-order valence-corrected chi connectivity index (χ1v) is 11.3. The van der Waals surface area contributed by atoms with E-state index < -0.39 is 29.6 Å². The van der Waals surface area contributed by atoms with Crippen molar-refractivity contribution in [3.05, 3.63) is 41.7 Å². The predicted octanol–water partition coefficient (Wildman–Crippen LogP) is 4.56. The number of phenolic OH excluding ortho intramolecular Hbond substituents is 1. The fourth-order valence-electron chi connectivity index (χ4n) is 4.00. The molecule has 37 heavy (non-hydrogen) atoms. The number of aromatic nitrogens is 3. The zero-order valence-electron chi connectivity index (χ0n) is 19.6. The fraction of sp³-hybridized carbons (Fsp3) is 0.435. The predicted molar refractivity (Wildman–Crippen MR) is 122 cm³/mol. The van der Waals surface area contributed by atoms with E-state index in [1.165, 1.54) is 6.07 Å². The van der Waals surface area contributed by atoms with E-state index in [1.54, 1.807) is 6.20 Å². The molecule has 1 atom stereocenters. The van der Waals surface area contributed by atoms with Gasteiger partial charge in [0.2, 0.25) is 0 Å². The Morgan fingerprint density at radius 3 is 2.49 bits per heavy atom. The van der Waals surface area contributed by atoms with E-state index in [4.69, 9.17) is 9.90 Å². The van der Waals surface area contributed by atoms with Gasteiger partial charge in [-0.1, -0.05) is 6.92 Å². The number of hydrogen-bond donors (Lipinski definition) is 4. The highest BCUT2D eigenvalue weighted by atomic mass is 19.4. The number of hydrogen-bond acceptors (Lipinski definition) is 6. The van der Waals surface area contributed by atoms with Crippen molar-refractivity contribution in [1.29, 1.82) is 0 Å². The summed E-state index contributed by atoms with van der Waals surface area (Å²) >= 11 is 0. The average molecular weight is 533 g/mol. The lowest BCUT2D eigenvalue weighted by Crippen LogP contribution is -2.45. The maximum Gasteiger partial charge on any atom is 0.490 e. The standard InChI is InChI=1S/C21H24F3N5O.C2HF3O2/c1-2-29-9-3-4-14(12-29)26-11-17-15-7-8-25-19(15)20(28-27-17)16-6-5-13(10-18(16)30)21(22,23)24;3-2(4,5)1(6)7/h5-8,10,14,25-26,30H,2-4,9,11-12H2,1H3;(H,6,7)/t14-;/m0./s1. The van der Waals surface area contributed by atoms with E-state index in [2.05, 4.69) is 32.3 Å². The number of rotatable bonds is 5. The number of carboxylic acids is 1. The minimum absolute atomic E-state index is 0.202.